The SMILES string of the molecule is CCc1ccccc1C(=O)NCC1(C)CCNCC1.Cl. The highest BCUT2D eigenvalue weighted by Crippen LogP contribution is 2.26. The molecule has 0 aromatic heterocycles. The number of piperidine rings is 1. The second-order valence-electron chi connectivity index (χ2n) is 5.75. The van der Waals surface area contributed by atoms with Gasteiger partial charge in [-0.2, -0.15) is 0 Å². The molecule has 0 bridgehead atoms. The molecule has 20 heavy (non-hydrogen) atoms. The van der Waals surface area contributed by atoms with E-state index in [1.165, 1.54) is 0 Å². The summed E-state index contributed by atoms with van der Waals surface area (Å²) in [6.45, 7) is 7.22. The van der Waals surface area contributed by atoms with Gasteiger partial charge in [0, 0.05) is 12.1 Å². The maximum atomic E-state index is 12.3. The summed E-state index contributed by atoms with van der Waals surface area (Å²) >= 11 is 0. The Morgan fingerprint density at radius 1 is 1.30 bits per heavy atom. The summed E-state index contributed by atoms with van der Waals surface area (Å²) in [5.74, 6) is 0.0669. The monoisotopic (exact) mass is 296 g/mol. The van der Waals surface area contributed by atoms with E-state index in [0.717, 1.165) is 50.0 Å². The van der Waals surface area contributed by atoms with Crippen molar-refractivity contribution in [2.75, 3.05) is 19.6 Å². The number of benzene rings is 1. The first-order valence-corrected chi connectivity index (χ1v) is 7.21. The Bertz CT molecular complexity index is 442. The zero-order valence-electron chi connectivity index (χ0n) is 12.4. The van der Waals surface area contributed by atoms with Crippen LogP contribution in [0.2, 0.25) is 0 Å². The van der Waals surface area contributed by atoms with Crippen LogP contribution in [0.3, 0.4) is 0 Å². The molecule has 1 amide bonds. The molecule has 112 valence electrons. The maximum absolute atomic E-state index is 12.3. The van der Waals surface area contributed by atoms with Crippen LogP contribution in [0.15, 0.2) is 24.3 Å². The van der Waals surface area contributed by atoms with E-state index in [1.807, 2.05) is 24.3 Å². The number of amides is 1. The Labute approximate surface area is 127 Å². The first kappa shape index (κ1) is 17.0. The van der Waals surface area contributed by atoms with E-state index in [4.69, 9.17) is 0 Å². The lowest BCUT2D eigenvalue weighted by molar-refractivity contribution is 0.0921. The van der Waals surface area contributed by atoms with Crippen molar-refractivity contribution >= 4 is 18.3 Å². The van der Waals surface area contributed by atoms with Crippen molar-refractivity contribution in [2.45, 2.75) is 33.1 Å². The summed E-state index contributed by atoms with van der Waals surface area (Å²) in [5.41, 5.74) is 2.18. The van der Waals surface area contributed by atoms with Gasteiger partial charge < -0.3 is 10.6 Å². The maximum Gasteiger partial charge on any atom is 0.251 e. The minimum atomic E-state index is 0. The zero-order valence-corrected chi connectivity index (χ0v) is 13.2. The number of aryl methyl sites for hydroxylation is 1. The van der Waals surface area contributed by atoms with Crippen LogP contribution in [0.25, 0.3) is 0 Å². The normalized spacial score (nSPS) is 17.1. The Hall–Kier alpha value is -1.06. The smallest absolute Gasteiger partial charge is 0.251 e. The molecular weight excluding hydrogens is 272 g/mol. The molecule has 0 saturated carbocycles. The van der Waals surface area contributed by atoms with Crippen molar-refractivity contribution in [3.05, 3.63) is 35.4 Å². The molecule has 3 nitrogen and oxygen atoms in total. The molecule has 0 atom stereocenters. The van der Waals surface area contributed by atoms with Crippen molar-refractivity contribution in [1.29, 1.82) is 0 Å². The summed E-state index contributed by atoms with van der Waals surface area (Å²) in [7, 11) is 0. The van der Waals surface area contributed by atoms with Crippen molar-refractivity contribution in [1.82, 2.24) is 10.6 Å². The van der Waals surface area contributed by atoms with Crippen LogP contribution < -0.4 is 10.6 Å². The second kappa shape index (κ2) is 7.65. The topological polar surface area (TPSA) is 41.1 Å². The van der Waals surface area contributed by atoms with E-state index in [-0.39, 0.29) is 23.7 Å². The second-order valence-corrected chi connectivity index (χ2v) is 5.75. The first-order valence-electron chi connectivity index (χ1n) is 7.21. The van der Waals surface area contributed by atoms with Crippen molar-refractivity contribution < 1.29 is 4.79 Å². The highest BCUT2D eigenvalue weighted by atomic mass is 35.5. The molecule has 2 N–H and O–H groups in total. The van der Waals surface area contributed by atoms with Crippen LogP contribution in [-0.2, 0) is 6.42 Å². The van der Waals surface area contributed by atoms with Gasteiger partial charge >= 0.3 is 0 Å². The Morgan fingerprint density at radius 2 is 1.95 bits per heavy atom. The molecule has 0 unspecified atom stereocenters. The van der Waals surface area contributed by atoms with Crippen LogP contribution in [0, 0.1) is 5.41 Å². The molecule has 4 heteroatoms. The first-order chi connectivity index (χ1) is 9.14. The third-order valence-corrected chi connectivity index (χ3v) is 4.13. The van der Waals surface area contributed by atoms with Gasteiger partial charge in [-0.1, -0.05) is 32.0 Å². The standard InChI is InChI=1S/C16H24N2O.ClH/c1-3-13-6-4-5-7-14(13)15(19)18-12-16(2)8-10-17-11-9-16;/h4-7,17H,3,8-12H2,1-2H3,(H,18,19);1H. The highest BCUT2D eigenvalue weighted by molar-refractivity contribution is 5.95. The number of halogens is 1. The van der Waals surface area contributed by atoms with Crippen LogP contribution in [0.1, 0.15) is 42.6 Å². The molecule has 2 rings (SSSR count). The molecule has 1 aromatic rings. The van der Waals surface area contributed by atoms with Gasteiger partial charge in [0.1, 0.15) is 0 Å². The molecule has 1 aliphatic rings. The molecule has 0 radical (unpaired) electrons. The fraction of sp³-hybridized carbons (Fsp3) is 0.562. The minimum absolute atomic E-state index is 0. The quantitative estimate of drug-likeness (QED) is 0.897. The highest BCUT2D eigenvalue weighted by Gasteiger charge is 2.27. The van der Waals surface area contributed by atoms with E-state index in [0.29, 0.717) is 0 Å². The van der Waals surface area contributed by atoms with Crippen LogP contribution in [0.4, 0.5) is 0 Å². The van der Waals surface area contributed by atoms with Crippen molar-refractivity contribution in [2.24, 2.45) is 5.41 Å². The summed E-state index contributed by atoms with van der Waals surface area (Å²) in [5, 5.41) is 6.48. The predicted molar refractivity (Wildman–Crippen MR) is 85.6 cm³/mol. The minimum Gasteiger partial charge on any atom is -0.351 e. The number of hydrogen-bond donors (Lipinski definition) is 2. The molecule has 1 aromatic carbocycles. The third-order valence-electron chi connectivity index (χ3n) is 4.13. The summed E-state index contributed by atoms with van der Waals surface area (Å²) in [4.78, 5) is 12.3. The number of hydrogen-bond acceptors (Lipinski definition) is 2. The fourth-order valence-electron chi connectivity index (χ4n) is 2.65. The zero-order chi connectivity index (χ0) is 13.7. The van der Waals surface area contributed by atoms with Crippen LogP contribution in [0.5, 0.6) is 0 Å². The largest absolute Gasteiger partial charge is 0.351 e. The molecule has 0 spiro atoms. The average Bonchev–Trinajstić information content (AvgIpc) is 2.45. The van der Waals surface area contributed by atoms with E-state index >= 15 is 0 Å². The molecule has 0 aliphatic carbocycles. The predicted octanol–water partition coefficient (Wildman–Crippen LogP) is 2.79. The molecule has 1 fully saturated rings. The van der Waals surface area contributed by atoms with Crippen molar-refractivity contribution in [3.8, 4) is 0 Å². The summed E-state index contributed by atoms with van der Waals surface area (Å²) < 4.78 is 0. The molecule has 1 heterocycles. The van der Waals surface area contributed by atoms with E-state index < -0.39 is 0 Å². The molecule has 1 saturated heterocycles. The summed E-state index contributed by atoms with van der Waals surface area (Å²) in [6.07, 6.45) is 3.15. The number of nitrogens with one attached hydrogen (secondary N) is 2. The van der Waals surface area contributed by atoms with Gasteiger partial charge in [-0.15, -0.1) is 12.4 Å². The number of carbonyl (C=O) groups is 1. The van der Waals surface area contributed by atoms with Gasteiger partial charge in [-0.3, -0.25) is 4.79 Å². The fourth-order valence-corrected chi connectivity index (χ4v) is 2.65. The third kappa shape index (κ3) is 4.22. The van der Waals surface area contributed by atoms with Gasteiger partial charge in [0.25, 0.3) is 5.91 Å². The Balaban J connectivity index is 0.00000200. The summed E-state index contributed by atoms with van der Waals surface area (Å²) in [6, 6.07) is 7.87. The van der Waals surface area contributed by atoms with Gasteiger partial charge in [0.05, 0.1) is 0 Å². The van der Waals surface area contributed by atoms with Gasteiger partial charge in [0.15, 0.2) is 0 Å². The van der Waals surface area contributed by atoms with E-state index in [1.54, 1.807) is 0 Å². The van der Waals surface area contributed by atoms with E-state index in [9.17, 15) is 4.79 Å². The van der Waals surface area contributed by atoms with Gasteiger partial charge in [-0.05, 0) is 49.4 Å². The van der Waals surface area contributed by atoms with Gasteiger partial charge in [0.2, 0.25) is 0 Å². The van der Waals surface area contributed by atoms with E-state index in [2.05, 4.69) is 24.5 Å². The lowest BCUT2D eigenvalue weighted by atomic mass is 9.81. The van der Waals surface area contributed by atoms with Crippen LogP contribution in [-0.4, -0.2) is 25.5 Å². The van der Waals surface area contributed by atoms with Gasteiger partial charge in [-0.25, -0.2) is 0 Å². The van der Waals surface area contributed by atoms with Crippen LogP contribution >= 0.6 is 12.4 Å². The lowest BCUT2D eigenvalue weighted by Crippen LogP contribution is -2.43. The molecule has 1 aliphatic heterocycles. The molecular formula is C16H25ClN2O. The number of rotatable bonds is 4. The number of carbonyl (C=O) groups excluding carboxylic acids is 1. The Kier molecular flexibility index (Phi) is 6.50. The average molecular weight is 297 g/mol. The Morgan fingerprint density at radius 3 is 2.60 bits per heavy atom. The lowest BCUT2D eigenvalue weighted by Gasteiger charge is -2.34. The van der Waals surface area contributed by atoms with Crippen molar-refractivity contribution in [3.63, 3.8) is 0 Å².